The number of hydrogen-bond donors (Lipinski definition) is 0. The molecule has 0 aromatic rings. The molecular formula is C6H13B. The van der Waals surface area contributed by atoms with E-state index in [1.165, 1.54) is 6.32 Å². The van der Waals surface area contributed by atoms with Crippen molar-refractivity contribution in [1.82, 2.24) is 0 Å². The van der Waals surface area contributed by atoms with Gasteiger partial charge in [-0.15, -0.1) is 6.58 Å². The molecule has 0 heterocycles. The molecule has 0 spiro atoms. The zero-order chi connectivity index (χ0) is 5.70. The lowest BCUT2D eigenvalue weighted by Crippen LogP contribution is -1.95. The van der Waals surface area contributed by atoms with Crippen LogP contribution >= 0.6 is 0 Å². The first-order valence-corrected chi connectivity index (χ1v) is 2.88. The average Bonchev–Trinajstić information content (AvgIpc) is 1.61. The topological polar surface area (TPSA) is 0 Å². The third-order valence-electron chi connectivity index (χ3n) is 0.948. The van der Waals surface area contributed by atoms with Gasteiger partial charge in [-0.3, -0.25) is 0 Å². The van der Waals surface area contributed by atoms with E-state index in [4.69, 9.17) is 0 Å². The van der Waals surface area contributed by atoms with Gasteiger partial charge in [-0.25, -0.2) is 0 Å². The highest BCUT2D eigenvalue weighted by atomic mass is 13.7. The van der Waals surface area contributed by atoms with Gasteiger partial charge >= 0.3 is 0 Å². The maximum atomic E-state index is 3.63. The molecule has 0 nitrogen and oxygen atoms in total. The summed E-state index contributed by atoms with van der Waals surface area (Å²) in [7, 11) is 0. The Kier molecular flexibility index (Phi) is 3.87. The first-order chi connectivity index (χ1) is 3.27. The lowest BCUT2D eigenvalue weighted by atomic mass is 9.51. The zero-order valence-corrected chi connectivity index (χ0v) is 5.28. The molecule has 0 aromatic heterocycles. The van der Waals surface area contributed by atoms with E-state index >= 15 is 0 Å². The fourth-order valence-electron chi connectivity index (χ4n) is 0.451. The van der Waals surface area contributed by atoms with Gasteiger partial charge in [-0.1, -0.05) is 26.0 Å². The van der Waals surface area contributed by atoms with Crippen LogP contribution in [0.5, 0.6) is 0 Å². The van der Waals surface area contributed by atoms with Crippen molar-refractivity contribution in [2.75, 3.05) is 0 Å². The molecule has 0 N–H and O–H groups in total. The molecule has 0 fully saturated rings. The molecule has 7 heavy (non-hydrogen) atoms. The molecule has 40 valence electrons. The lowest BCUT2D eigenvalue weighted by molar-refractivity contribution is 1.19. The molecular weight excluding hydrogens is 82.9 g/mol. The Balaban J connectivity index is 2.81. The number of rotatable bonds is 3. The minimum atomic E-state index is 0.831. The number of hydrogen-bond acceptors (Lipinski definition) is 0. The standard InChI is InChI=1S/C6H13B/c1-4-5-6-7(2)3/h4H,1,5-6H2,2-3H3. The van der Waals surface area contributed by atoms with Crippen molar-refractivity contribution in [2.45, 2.75) is 26.4 Å². The Labute approximate surface area is 46.7 Å². The lowest BCUT2D eigenvalue weighted by Gasteiger charge is -1.92. The first-order valence-electron chi connectivity index (χ1n) is 2.88. The minimum Gasteiger partial charge on any atom is -0.103 e. The number of allylic oxidation sites excluding steroid dienone is 1. The van der Waals surface area contributed by atoms with E-state index < -0.39 is 0 Å². The van der Waals surface area contributed by atoms with Gasteiger partial charge in [0, 0.05) is 0 Å². The van der Waals surface area contributed by atoms with Crippen LogP contribution in [0.4, 0.5) is 0 Å². The van der Waals surface area contributed by atoms with E-state index in [0.29, 0.717) is 0 Å². The highest BCUT2D eigenvalue weighted by molar-refractivity contribution is 6.55. The molecule has 1 heteroatoms. The maximum Gasteiger partial charge on any atom is 0.133 e. The Morgan fingerprint density at radius 3 is 2.29 bits per heavy atom. The van der Waals surface area contributed by atoms with Gasteiger partial charge in [0.1, 0.15) is 6.71 Å². The highest BCUT2D eigenvalue weighted by Gasteiger charge is 1.92. The van der Waals surface area contributed by atoms with E-state index in [0.717, 1.165) is 13.1 Å². The molecule has 0 saturated heterocycles. The van der Waals surface area contributed by atoms with Gasteiger partial charge in [0.2, 0.25) is 0 Å². The van der Waals surface area contributed by atoms with Crippen LogP contribution < -0.4 is 0 Å². The molecule has 0 bridgehead atoms. The molecule has 0 aliphatic rings. The molecule has 0 aliphatic carbocycles. The summed E-state index contributed by atoms with van der Waals surface area (Å²) in [5.74, 6) is 0. The normalized spacial score (nSPS) is 8.29. The van der Waals surface area contributed by atoms with Crippen molar-refractivity contribution in [3.63, 3.8) is 0 Å². The SMILES string of the molecule is C=CCCB(C)C. The van der Waals surface area contributed by atoms with Crippen molar-refractivity contribution >= 4 is 6.71 Å². The average molecular weight is 96.0 g/mol. The molecule has 0 saturated carbocycles. The zero-order valence-electron chi connectivity index (χ0n) is 5.28. The Hall–Kier alpha value is -0.195. The second-order valence-corrected chi connectivity index (χ2v) is 2.26. The van der Waals surface area contributed by atoms with Crippen LogP contribution in [-0.4, -0.2) is 6.71 Å². The van der Waals surface area contributed by atoms with Gasteiger partial charge in [-0.2, -0.15) is 0 Å². The summed E-state index contributed by atoms with van der Waals surface area (Å²) in [5, 5.41) is 0. The second kappa shape index (κ2) is 3.98. The molecule has 0 atom stereocenters. The van der Waals surface area contributed by atoms with E-state index in [9.17, 15) is 0 Å². The summed E-state index contributed by atoms with van der Waals surface area (Å²) in [5.41, 5.74) is 0. The van der Waals surface area contributed by atoms with Crippen LogP contribution in [0.2, 0.25) is 20.0 Å². The Morgan fingerprint density at radius 2 is 2.14 bits per heavy atom. The van der Waals surface area contributed by atoms with Crippen molar-refractivity contribution in [2.24, 2.45) is 0 Å². The fourth-order valence-corrected chi connectivity index (χ4v) is 0.451. The maximum absolute atomic E-state index is 3.63. The van der Waals surface area contributed by atoms with E-state index in [1.54, 1.807) is 0 Å². The smallest absolute Gasteiger partial charge is 0.103 e. The van der Waals surface area contributed by atoms with Crippen LogP contribution in [0, 0.1) is 0 Å². The summed E-state index contributed by atoms with van der Waals surface area (Å²) >= 11 is 0. The summed E-state index contributed by atoms with van der Waals surface area (Å²) in [6.07, 6.45) is 4.42. The van der Waals surface area contributed by atoms with E-state index in [-0.39, 0.29) is 0 Å². The van der Waals surface area contributed by atoms with Crippen LogP contribution in [0.25, 0.3) is 0 Å². The van der Waals surface area contributed by atoms with Gasteiger partial charge < -0.3 is 0 Å². The van der Waals surface area contributed by atoms with Gasteiger partial charge in [-0.05, 0) is 6.42 Å². The van der Waals surface area contributed by atoms with E-state index in [2.05, 4.69) is 20.2 Å². The third-order valence-corrected chi connectivity index (χ3v) is 0.948. The first kappa shape index (κ1) is 6.80. The van der Waals surface area contributed by atoms with Gasteiger partial charge in [0.05, 0.1) is 0 Å². The molecule has 0 aromatic carbocycles. The minimum absolute atomic E-state index is 0.831. The predicted molar refractivity (Wildman–Crippen MR) is 37.1 cm³/mol. The molecule has 0 aliphatic heterocycles. The molecule has 0 radical (unpaired) electrons. The summed E-state index contributed by atoms with van der Waals surface area (Å²) in [6.45, 7) is 8.92. The van der Waals surface area contributed by atoms with Crippen molar-refractivity contribution in [3.05, 3.63) is 12.7 Å². The van der Waals surface area contributed by atoms with Crippen LogP contribution in [-0.2, 0) is 0 Å². The highest BCUT2D eigenvalue weighted by Crippen LogP contribution is 1.95. The summed E-state index contributed by atoms with van der Waals surface area (Å²) in [4.78, 5) is 0. The van der Waals surface area contributed by atoms with E-state index in [1.807, 2.05) is 6.08 Å². The largest absolute Gasteiger partial charge is 0.133 e. The molecule has 0 amide bonds. The van der Waals surface area contributed by atoms with Crippen LogP contribution in [0.15, 0.2) is 12.7 Å². The summed E-state index contributed by atoms with van der Waals surface area (Å²) < 4.78 is 0. The van der Waals surface area contributed by atoms with Gasteiger partial charge in [0.25, 0.3) is 0 Å². The fraction of sp³-hybridized carbons (Fsp3) is 0.667. The predicted octanol–water partition coefficient (Wildman–Crippen LogP) is 2.32. The summed E-state index contributed by atoms with van der Waals surface area (Å²) in [6, 6.07) is 0. The Bertz CT molecular complexity index is 48.1. The monoisotopic (exact) mass is 96.1 g/mol. The van der Waals surface area contributed by atoms with Crippen LogP contribution in [0.1, 0.15) is 6.42 Å². The van der Waals surface area contributed by atoms with Crippen molar-refractivity contribution < 1.29 is 0 Å². The van der Waals surface area contributed by atoms with Gasteiger partial charge in [0.15, 0.2) is 0 Å². The van der Waals surface area contributed by atoms with Crippen LogP contribution in [0.3, 0.4) is 0 Å². The Morgan fingerprint density at radius 1 is 1.57 bits per heavy atom. The molecule has 0 rings (SSSR count). The quantitative estimate of drug-likeness (QED) is 0.373. The van der Waals surface area contributed by atoms with Crippen molar-refractivity contribution in [1.29, 1.82) is 0 Å². The third kappa shape index (κ3) is 5.80. The van der Waals surface area contributed by atoms with Crippen molar-refractivity contribution in [3.8, 4) is 0 Å². The second-order valence-electron chi connectivity index (χ2n) is 2.26. The molecule has 0 unspecified atom stereocenters.